The predicted molar refractivity (Wildman–Crippen MR) is 76.7 cm³/mol. The number of hydrogen-bond donors (Lipinski definition) is 1. The van der Waals surface area contributed by atoms with Gasteiger partial charge in [-0.25, -0.2) is 23.0 Å². The summed E-state index contributed by atoms with van der Waals surface area (Å²) in [5.41, 5.74) is 2.61. The van der Waals surface area contributed by atoms with E-state index in [0.717, 1.165) is 12.1 Å². The average molecular weight is 329 g/mol. The van der Waals surface area contributed by atoms with Gasteiger partial charge in [0.2, 0.25) is 5.91 Å². The molecule has 0 bridgehead atoms. The zero-order valence-electron chi connectivity index (χ0n) is 12.2. The van der Waals surface area contributed by atoms with Crippen LogP contribution in [0.15, 0.2) is 17.2 Å². The van der Waals surface area contributed by atoms with Crippen LogP contribution in [0.5, 0.6) is 0 Å². The topological polar surface area (TPSA) is 44.7 Å². The molecule has 1 amide bonds. The molecule has 23 heavy (non-hydrogen) atoms. The minimum atomic E-state index is -2.78. The van der Waals surface area contributed by atoms with Crippen LogP contribution in [0.2, 0.25) is 0 Å². The van der Waals surface area contributed by atoms with Gasteiger partial charge in [-0.2, -0.15) is 5.10 Å². The van der Waals surface area contributed by atoms with E-state index in [1.807, 2.05) is 0 Å². The Labute approximate surface area is 130 Å². The predicted octanol–water partition coefficient (Wildman–Crippen LogP) is 2.81. The number of piperidine rings is 1. The lowest BCUT2D eigenvalue weighted by atomic mass is 10.0. The highest BCUT2D eigenvalue weighted by Gasteiger charge is 2.35. The molecule has 0 atom stereocenters. The number of amides is 1. The third-order valence-corrected chi connectivity index (χ3v) is 4.07. The molecule has 1 saturated heterocycles. The fourth-order valence-corrected chi connectivity index (χ4v) is 2.77. The Bertz CT molecular complexity index is 642. The van der Waals surface area contributed by atoms with Crippen LogP contribution in [0.3, 0.4) is 0 Å². The monoisotopic (exact) mass is 329 g/mol. The molecule has 1 aromatic rings. The summed E-state index contributed by atoms with van der Waals surface area (Å²) in [5, 5.41) is 3.80. The number of carbonyl (C=O) groups excluding carboxylic acids is 1. The second-order valence-corrected chi connectivity index (χ2v) is 5.72. The first-order valence-electron chi connectivity index (χ1n) is 7.33. The summed E-state index contributed by atoms with van der Waals surface area (Å²) in [5.74, 6) is -4.66. The lowest BCUT2D eigenvalue weighted by Gasteiger charge is -2.33. The molecule has 2 aliphatic heterocycles. The Morgan fingerprint density at radius 1 is 1.09 bits per heavy atom. The summed E-state index contributed by atoms with van der Waals surface area (Å²) in [7, 11) is 0. The number of carbonyl (C=O) groups is 1. The van der Waals surface area contributed by atoms with Crippen LogP contribution in [0.4, 0.5) is 23.2 Å². The number of benzene rings is 1. The molecule has 0 aromatic heterocycles. The lowest BCUT2D eigenvalue weighted by molar-refractivity contribution is -0.121. The van der Waals surface area contributed by atoms with Crippen LogP contribution in [-0.4, -0.2) is 30.6 Å². The highest BCUT2D eigenvalue weighted by Crippen LogP contribution is 2.33. The van der Waals surface area contributed by atoms with Crippen molar-refractivity contribution in [1.82, 2.24) is 5.43 Å². The molecule has 1 aromatic carbocycles. The summed E-state index contributed by atoms with van der Waals surface area (Å²) in [6.07, 6.45) is -0.357. The number of rotatable bonds is 2. The number of nitrogens with zero attached hydrogens (tertiary/aromatic N) is 2. The molecule has 4 nitrogen and oxygen atoms in total. The Balaban J connectivity index is 1.85. The summed E-state index contributed by atoms with van der Waals surface area (Å²) >= 11 is 0. The fraction of sp³-hybridized carbons (Fsp3) is 0.467. The first kappa shape index (κ1) is 15.8. The minimum Gasteiger partial charge on any atom is -0.366 e. The third-order valence-electron chi connectivity index (χ3n) is 4.07. The highest BCUT2D eigenvalue weighted by molar-refractivity contribution is 6.04. The maximum atomic E-state index is 14.3. The normalized spacial score (nSPS) is 21.0. The second kappa shape index (κ2) is 5.82. The van der Waals surface area contributed by atoms with Gasteiger partial charge in [-0.1, -0.05) is 0 Å². The molecule has 0 unspecified atom stereocenters. The number of hydrazone groups is 1. The molecule has 0 spiro atoms. The Morgan fingerprint density at radius 2 is 1.70 bits per heavy atom. The van der Waals surface area contributed by atoms with Gasteiger partial charge in [0.25, 0.3) is 5.92 Å². The van der Waals surface area contributed by atoms with Crippen molar-refractivity contribution in [3.63, 3.8) is 0 Å². The number of halogens is 4. The van der Waals surface area contributed by atoms with E-state index in [9.17, 15) is 22.4 Å². The van der Waals surface area contributed by atoms with E-state index in [1.54, 1.807) is 0 Å². The zero-order chi connectivity index (χ0) is 16.6. The molecule has 2 heterocycles. The number of alkyl halides is 2. The van der Waals surface area contributed by atoms with Crippen molar-refractivity contribution in [2.45, 2.75) is 31.6 Å². The van der Waals surface area contributed by atoms with E-state index in [1.165, 1.54) is 4.90 Å². The second-order valence-electron chi connectivity index (χ2n) is 5.72. The van der Waals surface area contributed by atoms with Crippen LogP contribution in [-0.2, 0) is 4.79 Å². The standard InChI is InChI=1S/C15H15F4N3O/c16-10-7-9(12-1-2-13(23)21-20-12)8-11(17)14(10)22-5-3-15(18,19)4-6-22/h7-8H,1-6H2,(H,21,23). The molecule has 3 rings (SSSR count). The molecule has 0 aliphatic carbocycles. The maximum Gasteiger partial charge on any atom is 0.251 e. The summed E-state index contributed by atoms with van der Waals surface area (Å²) in [4.78, 5) is 12.4. The third kappa shape index (κ3) is 3.30. The molecule has 2 aliphatic rings. The van der Waals surface area contributed by atoms with Gasteiger partial charge in [-0.05, 0) is 12.1 Å². The van der Waals surface area contributed by atoms with Gasteiger partial charge in [-0.3, -0.25) is 4.79 Å². The maximum absolute atomic E-state index is 14.3. The van der Waals surface area contributed by atoms with Gasteiger partial charge in [-0.15, -0.1) is 0 Å². The van der Waals surface area contributed by atoms with E-state index in [4.69, 9.17) is 0 Å². The van der Waals surface area contributed by atoms with Crippen LogP contribution in [0.25, 0.3) is 0 Å². The van der Waals surface area contributed by atoms with E-state index in [0.29, 0.717) is 12.1 Å². The first-order chi connectivity index (χ1) is 10.9. The molecular formula is C15H15F4N3O. The van der Waals surface area contributed by atoms with E-state index in [2.05, 4.69) is 10.5 Å². The fourth-order valence-electron chi connectivity index (χ4n) is 2.77. The molecule has 0 saturated carbocycles. The van der Waals surface area contributed by atoms with Crippen molar-refractivity contribution in [3.8, 4) is 0 Å². The van der Waals surface area contributed by atoms with Gasteiger partial charge in [0.15, 0.2) is 0 Å². The van der Waals surface area contributed by atoms with Crippen LogP contribution in [0, 0.1) is 11.6 Å². The van der Waals surface area contributed by atoms with Crippen LogP contribution in [0.1, 0.15) is 31.2 Å². The molecule has 124 valence electrons. The highest BCUT2D eigenvalue weighted by atomic mass is 19.3. The van der Waals surface area contributed by atoms with E-state index in [-0.39, 0.29) is 36.7 Å². The molecule has 1 N–H and O–H groups in total. The van der Waals surface area contributed by atoms with Gasteiger partial charge in [0.1, 0.15) is 17.3 Å². The summed E-state index contributed by atoms with van der Waals surface area (Å²) in [6.45, 7) is -0.200. The van der Waals surface area contributed by atoms with Gasteiger partial charge in [0.05, 0.1) is 5.71 Å². The van der Waals surface area contributed by atoms with Crippen molar-refractivity contribution in [1.29, 1.82) is 0 Å². The Hall–Kier alpha value is -2.12. The average Bonchev–Trinajstić information content (AvgIpc) is 2.49. The number of anilines is 1. The summed E-state index contributed by atoms with van der Waals surface area (Å²) in [6, 6.07) is 2.25. The van der Waals surface area contributed by atoms with Gasteiger partial charge < -0.3 is 4.90 Å². The minimum absolute atomic E-state index is 0.100. The van der Waals surface area contributed by atoms with Crippen molar-refractivity contribution in [2.24, 2.45) is 5.10 Å². The molecule has 0 radical (unpaired) electrons. The Morgan fingerprint density at radius 3 is 2.22 bits per heavy atom. The van der Waals surface area contributed by atoms with Crippen LogP contribution >= 0.6 is 0 Å². The number of nitrogens with one attached hydrogen (secondary N) is 1. The van der Waals surface area contributed by atoms with E-state index < -0.39 is 30.4 Å². The SMILES string of the molecule is O=C1CCC(c2cc(F)c(N3CCC(F)(F)CC3)c(F)c2)=NN1. The van der Waals surface area contributed by atoms with Crippen molar-refractivity contribution >= 4 is 17.3 Å². The van der Waals surface area contributed by atoms with Gasteiger partial charge in [0, 0.05) is 44.3 Å². The quantitative estimate of drug-likeness (QED) is 0.848. The van der Waals surface area contributed by atoms with Crippen LogP contribution < -0.4 is 10.3 Å². The van der Waals surface area contributed by atoms with Crippen molar-refractivity contribution < 1.29 is 22.4 Å². The lowest BCUT2D eigenvalue weighted by Crippen LogP contribution is -2.40. The van der Waals surface area contributed by atoms with Gasteiger partial charge >= 0.3 is 0 Å². The molecule has 8 heteroatoms. The Kier molecular flexibility index (Phi) is 3.99. The largest absolute Gasteiger partial charge is 0.366 e. The van der Waals surface area contributed by atoms with Crippen molar-refractivity contribution in [3.05, 3.63) is 29.3 Å². The zero-order valence-corrected chi connectivity index (χ0v) is 12.2. The molecular weight excluding hydrogens is 314 g/mol. The molecule has 1 fully saturated rings. The number of hydrogen-bond acceptors (Lipinski definition) is 3. The summed E-state index contributed by atoms with van der Waals surface area (Å²) < 4.78 is 55.0. The van der Waals surface area contributed by atoms with E-state index >= 15 is 0 Å². The first-order valence-corrected chi connectivity index (χ1v) is 7.33. The van der Waals surface area contributed by atoms with Crippen molar-refractivity contribution in [2.75, 3.05) is 18.0 Å². The smallest absolute Gasteiger partial charge is 0.251 e.